The minimum atomic E-state index is -3.73. The Morgan fingerprint density at radius 3 is 2.24 bits per heavy atom. The minimum absolute atomic E-state index is 0.0884. The number of aromatic nitrogens is 1. The highest BCUT2D eigenvalue weighted by Crippen LogP contribution is 2.31. The van der Waals surface area contributed by atoms with Crippen LogP contribution in [0.25, 0.3) is 10.2 Å². The first-order valence-electron chi connectivity index (χ1n) is 12.4. The van der Waals surface area contributed by atoms with Gasteiger partial charge in [-0.25, -0.2) is 13.4 Å². The molecule has 3 aromatic carbocycles. The molecule has 1 aliphatic rings. The van der Waals surface area contributed by atoms with Gasteiger partial charge in [0.25, 0.3) is 15.9 Å². The Bertz CT molecular complexity index is 1490. The number of thiazole rings is 1. The normalized spacial score (nSPS) is 14.2. The second kappa shape index (κ2) is 10.1. The van der Waals surface area contributed by atoms with Crippen molar-refractivity contribution in [3.8, 4) is 0 Å². The minimum Gasteiger partial charge on any atom is -0.345 e. The molecule has 1 saturated heterocycles. The molecule has 9 heteroatoms. The van der Waals surface area contributed by atoms with Crippen LogP contribution in [-0.2, 0) is 10.0 Å². The second-order valence-corrected chi connectivity index (χ2v) is 12.1. The van der Waals surface area contributed by atoms with Crippen LogP contribution in [0.1, 0.15) is 28.4 Å². The van der Waals surface area contributed by atoms with Crippen LogP contribution in [-0.4, -0.2) is 56.9 Å². The molecule has 0 saturated carbocycles. The first kappa shape index (κ1) is 25.2. The number of hydrogen-bond donors (Lipinski definition) is 0. The summed E-state index contributed by atoms with van der Waals surface area (Å²) in [7, 11) is -3.73. The van der Waals surface area contributed by atoms with Crippen LogP contribution in [0.5, 0.6) is 0 Å². The van der Waals surface area contributed by atoms with Gasteiger partial charge in [0.15, 0.2) is 5.13 Å². The number of piperazine rings is 1. The Labute approximate surface area is 222 Å². The lowest BCUT2D eigenvalue weighted by Gasteiger charge is -2.34. The molecule has 7 nitrogen and oxygen atoms in total. The van der Waals surface area contributed by atoms with E-state index in [0.29, 0.717) is 44.0 Å². The molecule has 1 aromatic heterocycles. The van der Waals surface area contributed by atoms with Gasteiger partial charge in [-0.15, -0.1) is 0 Å². The smallest absolute Gasteiger partial charge is 0.264 e. The van der Waals surface area contributed by atoms with Gasteiger partial charge in [0.1, 0.15) is 0 Å². The predicted molar refractivity (Wildman–Crippen MR) is 150 cm³/mol. The number of anilines is 2. The standard InChI is InChI=1S/C28H30N4O3S2/c1-4-32(23-8-6-5-7-9-23)37(34,35)24-12-10-22(11-13-24)27(33)30-14-16-31(17-15-30)28-29-25-18-20(2)21(3)19-26(25)36-28/h5-13,18-19H,4,14-17H2,1-3H3. The maximum absolute atomic E-state index is 13.2. The monoisotopic (exact) mass is 534 g/mol. The van der Waals surface area contributed by atoms with E-state index in [1.165, 1.54) is 32.3 Å². The summed E-state index contributed by atoms with van der Waals surface area (Å²) in [6, 6.07) is 19.6. The Hall–Kier alpha value is -3.43. The number of carbonyl (C=O) groups excluding carboxylic acids is 1. The van der Waals surface area contributed by atoms with E-state index >= 15 is 0 Å². The number of aryl methyl sites for hydroxylation is 2. The second-order valence-electron chi connectivity index (χ2n) is 9.21. The highest BCUT2D eigenvalue weighted by Gasteiger charge is 2.26. The summed E-state index contributed by atoms with van der Waals surface area (Å²) in [5.74, 6) is -0.0884. The van der Waals surface area contributed by atoms with Gasteiger partial charge in [0, 0.05) is 38.3 Å². The number of benzene rings is 3. The van der Waals surface area contributed by atoms with Crippen LogP contribution in [0.2, 0.25) is 0 Å². The van der Waals surface area contributed by atoms with Crippen LogP contribution in [0, 0.1) is 13.8 Å². The van der Waals surface area contributed by atoms with Gasteiger partial charge < -0.3 is 9.80 Å². The number of rotatable bonds is 6. The van der Waals surface area contributed by atoms with Crippen LogP contribution in [0.4, 0.5) is 10.8 Å². The zero-order valence-corrected chi connectivity index (χ0v) is 22.8. The lowest BCUT2D eigenvalue weighted by atomic mass is 10.1. The van der Waals surface area contributed by atoms with E-state index in [-0.39, 0.29) is 10.8 Å². The summed E-state index contributed by atoms with van der Waals surface area (Å²) in [5.41, 5.74) is 4.62. The van der Waals surface area contributed by atoms with Gasteiger partial charge in [-0.05, 0) is 80.4 Å². The largest absolute Gasteiger partial charge is 0.345 e. The van der Waals surface area contributed by atoms with Gasteiger partial charge >= 0.3 is 0 Å². The molecule has 1 aliphatic heterocycles. The van der Waals surface area contributed by atoms with E-state index in [2.05, 4.69) is 30.9 Å². The molecular weight excluding hydrogens is 504 g/mol. The number of para-hydroxylation sites is 1. The summed E-state index contributed by atoms with van der Waals surface area (Å²) >= 11 is 1.69. The fourth-order valence-corrected chi connectivity index (χ4v) is 7.14. The third kappa shape index (κ3) is 4.93. The van der Waals surface area contributed by atoms with E-state index < -0.39 is 10.0 Å². The molecule has 0 spiro atoms. The Morgan fingerprint density at radius 1 is 0.946 bits per heavy atom. The number of carbonyl (C=O) groups is 1. The molecule has 1 amide bonds. The Morgan fingerprint density at radius 2 is 1.59 bits per heavy atom. The molecule has 37 heavy (non-hydrogen) atoms. The van der Waals surface area contributed by atoms with Crippen molar-refractivity contribution in [3.63, 3.8) is 0 Å². The highest BCUT2D eigenvalue weighted by atomic mass is 32.2. The molecule has 0 unspecified atom stereocenters. The van der Waals surface area contributed by atoms with Crippen molar-refractivity contribution in [1.82, 2.24) is 9.88 Å². The van der Waals surface area contributed by atoms with Crippen LogP contribution in [0.15, 0.2) is 71.6 Å². The van der Waals surface area contributed by atoms with E-state index in [1.807, 2.05) is 23.1 Å². The van der Waals surface area contributed by atoms with Gasteiger partial charge in [0.05, 0.1) is 20.8 Å². The molecule has 0 radical (unpaired) electrons. The number of amides is 1. The molecule has 192 valence electrons. The number of hydrogen-bond acceptors (Lipinski definition) is 6. The van der Waals surface area contributed by atoms with Gasteiger partial charge in [-0.2, -0.15) is 0 Å². The molecule has 0 aliphatic carbocycles. The van der Waals surface area contributed by atoms with Crippen molar-refractivity contribution in [2.45, 2.75) is 25.7 Å². The van der Waals surface area contributed by atoms with Gasteiger partial charge in [0.2, 0.25) is 0 Å². The van der Waals surface area contributed by atoms with E-state index in [4.69, 9.17) is 4.98 Å². The van der Waals surface area contributed by atoms with Crippen molar-refractivity contribution in [3.05, 3.63) is 83.4 Å². The lowest BCUT2D eigenvalue weighted by molar-refractivity contribution is 0.0746. The number of sulfonamides is 1. The average Bonchev–Trinajstić information content (AvgIpc) is 3.32. The summed E-state index contributed by atoms with van der Waals surface area (Å²) < 4.78 is 29.0. The fraction of sp³-hybridized carbons (Fsp3) is 0.286. The summed E-state index contributed by atoms with van der Waals surface area (Å²) in [5, 5.41) is 0.987. The predicted octanol–water partition coefficient (Wildman–Crippen LogP) is 5.09. The van der Waals surface area contributed by atoms with E-state index in [1.54, 1.807) is 42.5 Å². The molecule has 0 atom stereocenters. The third-order valence-electron chi connectivity index (χ3n) is 6.85. The van der Waals surface area contributed by atoms with Crippen molar-refractivity contribution < 1.29 is 13.2 Å². The van der Waals surface area contributed by atoms with Crippen molar-refractivity contribution in [1.29, 1.82) is 0 Å². The zero-order valence-electron chi connectivity index (χ0n) is 21.2. The third-order valence-corrected chi connectivity index (χ3v) is 9.85. The summed E-state index contributed by atoms with van der Waals surface area (Å²) in [4.78, 5) is 22.2. The molecule has 0 bridgehead atoms. The van der Waals surface area contributed by atoms with E-state index in [9.17, 15) is 13.2 Å². The lowest BCUT2D eigenvalue weighted by Crippen LogP contribution is -2.48. The van der Waals surface area contributed by atoms with E-state index in [0.717, 1.165) is 10.6 Å². The van der Waals surface area contributed by atoms with Crippen molar-refractivity contribution >= 4 is 48.3 Å². The topological polar surface area (TPSA) is 73.8 Å². The molecule has 0 N–H and O–H groups in total. The molecule has 5 rings (SSSR count). The van der Waals surface area contributed by atoms with Crippen LogP contribution in [0.3, 0.4) is 0 Å². The van der Waals surface area contributed by atoms with Gasteiger partial charge in [-0.3, -0.25) is 9.10 Å². The Balaban J connectivity index is 1.26. The Kier molecular flexibility index (Phi) is 6.92. The maximum Gasteiger partial charge on any atom is 0.264 e. The first-order chi connectivity index (χ1) is 17.8. The van der Waals surface area contributed by atoms with Gasteiger partial charge in [-0.1, -0.05) is 29.5 Å². The molecule has 4 aromatic rings. The number of fused-ring (bicyclic) bond motifs is 1. The van der Waals surface area contributed by atoms with Crippen LogP contribution >= 0.6 is 11.3 Å². The average molecular weight is 535 g/mol. The summed E-state index contributed by atoms with van der Waals surface area (Å²) in [6.07, 6.45) is 0. The highest BCUT2D eigenvalue weighted by molar-refractivity contribution is 7.92. The fourth-order valence-electron chi connectivity index (χ4n) is 4.57. The summed E-state index contributed by atoms with van der Waals surface area (Å²) in [6.45, 7) is 8.92. The molecular formula is C28H30N4O3S2. The SMILES string of the molecule is CCN(c1ccccc1)S(=O)(=O)c1ccc(C(=O)N2CCN(c3nc4cc(C)c(C)cc4s3)CC2)cc1. The zero-order chi connectivity index (χ0) is 26.2. The first-order valence-corrected chi connectivity index (χ1v) is 14.6. The molecule has 2 heterocycles. The van der Waals surface area contributed by atoms with Crippen LogP contribution < -0.4 is 9.21 Å². The van der Waals surface area contributed by atoms with Crippen molar-refractivity contribution in [2.75, 3.05) is 41.9 Å². The maximum atomic E-state index is 13.2. The quantitative estimate of drug-likeness (QED) is 0.345. The van der Waals surface area contributed by atoms with Crippen molar-refractivity contribution in [2.24, 2.45) is 0 Å². The number of nitrogens with zero attached hydrogens (tertiary/aromatic N) is 4. The molecule has 1 fully saturated rings.